The van der Waals surface area contributed by atoms with Crippen LogP contribution in [0.25, 0.3) is 10.3 Å². The first-order valence-electron chi connectivity index (χ1n) is 9.19. The van der Waals surface area contributed by atoms with Crippen LogP contribution in [0.1, 0.15) is 32.1 Å². The molecule has 0 aromatic carbocycles. The molecular weight excluding hydrogens is 354 g/mol. The number of aromatic nitrogens is 3. The monoisotopic (exact) mass is 377 g/mol. The van der Waals surface area contributed by atoms with E-state index in [0.29, 0.717) is 23.6 Å². The standard InChI is InChI=1S/C17H23N5O3S/c23-13(19-12-4-2-1-3-5-12)10-22-11-18-15-14(16(22)24)26-17(20-15)21-6-8-25-9-7-21/h11-12H,1-10H2,(H,19,23). The van der Waals surface area contributed by atoms with Crippen molar-refractivity contribution < 1.29 is 9.53 Å². The van der Waals surface area contributed by atoms with Gasteiger partial charge in [0, 0.05) is 19.1 Å². The van der Waals surface area contributed by atoms with Gasteiger partial charge in [-0.25, -0.2) is 4.98 Å². The molecule has 2 aliphatic rings. The SMILES string of the molecule is O=C(Cn1cnc2nc(N3CCOCC3)sc2c1=O)NC1CCCCC1. The summed E-state index contributed by atoms with van der Waals surface area (Å²) in [5.41, 5.74) is 0.247. The molecule has 0 atom stereocenters. The molecular formula is C17H23N5O3S. The van der Waals surface area contributed by atoms with Crippen LogP contribution in [0.2, 0.25) is 0 Å². The number of hydrogen-bond donors (Lipinski definition) is 1. The molecule has 26 heavy (non-hydrogen) atoms. The predicted molar refractivity (Wildman–Crippen MR) is 99.7 cm³/mol. The van der Waals surface area contributed by atoms with Crippen LogP contribution >= 0.6 is 11.3 Å². The molecule has 8 nitrogen and oxygen atoms in total. The number of nitrogens with zero attached hydrogens (tertiary/aromatic N) is 4. The van der Waals surface area contributed by atoms with Crippen LogP contribution in [0.15, 0.2) is 11.1 Å². The first-order chi connectivity index (χ1) is 12.7. The van der Waals surface area contributed by atoms with Crippen molar-refractivity contribution in [3.63, 3.8) is 0 Å². The van der Waals surface area contributed by atoms with Gasteiger partial charge in [0.05, 0.1) is 13.2 Å². The number of rotatable bonds is 4. The van der Waals surface area contributed by atoms with Gasteiger partial charge in [-0.3, -0.25) is 14.2 Å². The average molecular weight is 377 g/mol. The van der Waals surface area contributed by atoms with E-state index in [1.165, 1.54) is 28.7 Å². The Morgan fingerprint density at radius 3 is 2.81 bits per heavy atom. The molecule has 0 radical (unpaired) electrons. The van der Waals surface area contributed by atoms with E-state index in [1.54, 1.807) is 0 Å². The molecule has 2 aromatic heterocycles. The van der Waals surface area contributed by atoms with Crippen molar-refractivity contribution in [3.8, 4) is 0 Å². The van der Waals surface area contributed by atoms with Crippen LogP contribution in [-0.2, 0) is 16.1 Å². The highest BCUT2D eigenvalue weighted by Crippen LogP contribution is 2.25. The smallest absolute Gasteiger partial charge is 0.273 e. The minimum Gasteiger partial charge on any atom is -0.378 e. The normalized spacial score (nSPS) is 19.0. The van der Waals surface area contributed by atoms with Crippen LogP contribution in [0.3, 0.4) is 0 Å². The molecule has 3 heterocycles. The van der Waals surface area contributed by atoms with Crippen molar-refractivity contribution in [2.24, 2.45) is 0 Å². The highest BCUT2D eigenvalue weighted by Gasteiger charge is 2.20. The summed E-state index contributed by atoms with van der Waals surface area (Å²) in [6.07, 6.45) is 7.02. The lowest BCUT2D eigenvalue weighted by molar-refractivity contribution is -0.122. The maximum absolute atomic E-state index is 12.7. The molecule has 4 rings (SSSR count). The van der Waals surface area contributed by atoms with E-state index < -0.39 is 0 Å². The third kappa shape index (κ3) is 3.73. The molecule has 1 N–H and O–H groups in total. The lowest BCUT2D eigenvalue weighted by Crippen LogP contribution is -2.39. The largest absolute Gasteiger partial charge is 0.378 e. The van der Waals surface area contributed by atoms with Gasteiger partial charge in [0.1, 0.15) is 17.6 Å². The van der Waals surface area contributed by atoms with Crippen LogP contribution in [0.4, 0.5) is 5.13 Å². The van der Waals surface area contributed by atoms with E-state index in [0.717, 1.165) is 43.9 Å². The Morgan fingerprint density at radius 2 is 2.04 bits per heavy atom. The molecule has 1 saturated heterocycles. The second kappa shape index (κ2) is 7.71. The number of anilines is 1. The Morgan fingerprint density at radius 1 is 1.27 bits per heavy atom. The fourth-order valence-corrected chi connectivity index (χ4v) is 4.53. The highest BCUT2D eigenvalue weighted by atomic mass is 32.1. The van der Waals surface area contributed by atoms with Gasteiger partial charge in [0.2, 0.25) is 5.91 Å². The third-order valence-corrected chi connectivity index (χ3v) is 6.03. The van der Waals surface area contributed by atoms with Crippen LogP contribution in [0, 0.1) is 0 Å². The summed E-state index contributed by atoms with van der Waals surface area (Å²) in [5.74, 6) is -0.127. The third-order valence-electron chi connectivity index (χ3n) is 4.94. The fourth-order valence-electron chi connectivity index (χ4n) is 3.51. The fraction of sp³-hybridized carbons (Fsp3) is 0.647. The Hall–Kier alpha value is -2.00. The number of nitrogens with one attached hydrogen (secondary N) is 1. The summed E-state index contributed by atoms with van der Waals surface area (Å²) >= 11 is 1.34. The van der Waals surface area contributed by atoms with Crippen molar-refractivity contribution >= 4 is 32.7 Å². The van der Waals surface area contributed by atoms with Crippen LogP contribution < -0.4 is 15.8 Å². The van der Waals surface area contributed by atoms with Gasteiger partial charge in [-0.2, -0.15) is 4.98 Å². The second-order valence-corrected chi connectivity index (χ2v) is 7.81. The van der Waals surface area contributed by atoms with Crippen LogP contribution in [0.5, 0.6) is 0 Å². The maximum Gasteiger partial charge on any atom is 0.273 e. The lowest BCUT2D eigenvalue weighted by atomic mass is 9.95. The summed E-state index contributed by atoms with van der Waals surface area (Å²) in [6, 6.07) is 0.236. The molecule has 2 aromatic rings. The zero-order chi connectivity index (χ0) is 17.9. The van der Waals surface area contributed by atoms with Gasteiger partial charge in [-0.15, -0.1) is 0 Å². The van der Waals surface area contributed by atoms with Crippen molar-refractivity contribution in [1.29, 1.82) is 0 Å². The van der Waals surface area contributed by atoms with Crippen molar-refractivity contribution in [3.05, 3.63) is 16.7 Å². The van der Waals surface area contributed by atoms with Gasteiger partial charge in [0.15, 0.2) is 10.8 Å². The summed E-state index contributed by atoms with van der Waals surface area (Å²) in [4.78, 5) is 35.9. The Bertz CT molecular complexity index is 837. The van der Waals surface area contributed by atoms with Gasteiger partial charge < -0.3 is 15.0 Å². The van der Waals surface area contributed by atoms with E-state index in [-0.39, 0.29) is 24.1 Å². The summed E-state index contributed by atoms with van der Waals surface area (Å²) in [6.45, 7) is 2.85. The Labute approximate surface area is 155 Å². The molecule has 140 valence electrons. The summed E-state index contributed by atoms with van der Waals surface area (Å²) in [5, 5.41) is 3.83. The number of hydrogen-bond acceptors (Lipinski definition) is 7. The number of ether oxygens (including phenoxy) is 1. The van der Waals surface area contributed by atoms with Gasteiger partial charge in [-0.05, 0) is 12.8 Å². The number of carbonyl (C=O) groups excluding carboxylic acids is 1. The maximum atomic E-state index is 12.7. The number of carbonyl (C=O) groups is 1. The highest BCUT2D eigenvalue weighted by molar-refractivity contribution is 7.22. The topological polar surface area (TPSA) is 89.3 Å². The lowest BCUT2D eigenvalue weighted by Gasteiger charge is -2.25. The minimum absolute atomic E-state index is 0.00304. The number of amides is 1. The Kier molecular flexibility index (Phi) is 5.16. The minimum atomic E-state index is -0.203. The van der Waals surface area contributed by atoms with Crippen molar-refractivity contribution in [2.45, 2.75) is 44.7 Å². The van der Waals surface area contributed by atoms with Gasteiger partial charge in [-0.1, -0.05) is 30.6 Å². The number of fused-ring (bicyclic) bond motifs is 1. The predicted octanol–water partition coefficient (Wildman–Crippen LogP) is 1.14. The number of thiazole rings is 1. The van der Waals surface area contributed by atoms with Crippen molar-refractivity contribution in [2.75, 3.05) is 31.2 Å². The summed E-state index contributed by atoms with van der Waals surface area (Å²) in [7, 11) is 0. The van der Waals surface area contributed by atoms with E-state index >= 15 is 0 Å². The van der Waals surface area contributed by atoms with E-state index in [9.17, 15) is 9.59 Å². The zero-order valence-electron chi connectivity index (χ0n) is 14.6. The Balaban J connectivity index is 1.49. The molecule has 0 unspecified atom stereocenters. The summed E-state index contributed by atoms with van der Waals surface area (Å²) < 4.78 is 7.23. The quantitative estimate of drug-likeness (QED) is 0.859. The second-order valence-electron chi connectivity index (χ2n) is 6.83. The van der Waals surface area contributed by atoms with E-state index in [2.05, 4.69) is 20.2 Å². The zero-order valence-corrected chi connectivity index (χ0v) is 15.5. The van der Waals surface area contributed by atoms with E-state index in [4.69, 9.17) is 4.74 Å². The molecule has 1 saturated carbocycles. The molecule has 1 amide bonds. The molecule has 2 fully saturated rings. The van der Waals surface area contributed by atoms with Crippen LogP contribution in [-0.4, -0.2) is 52.8 Å². The molecule has 0 bridgehead atoms. The molecule has 1 aliphatic carbocycles. The average Bonchev–Trinajstić information content (AvgIpc) is 3.11. The molecule has 9 heteroatoms. The van der Waals surface area contributed by atoms with Gasteiger partial charge >= 0.3 is 0 Å². The number of morpholine rings is 1. The molecule has 1 aliphatic heterocycles. The first kappa shape index (κ1) is 17.4. The molecule has 0 spiro atoms. The van der Waals surface area contributed by atoms with Crippen molar-refractivity contribution in [1.82, 2.24) is 19.9 Å². The first-order valence-corrected chi connectivity index (χ1v) is 10.0. The van der Waals surface area contributed by atoms with E-state index in [1.807, 2.05) is 0 Å². The van der Waals surface area contributed by atoms with Gasteiger partial charge in [0.25, 0.3) is 5.56 Å².